The number of ketones is 1. The summed E-state index contributed by atoms with van der Waals surface area (Å²) >= 11 is 0. The highest BCUT2D eigenvalue weighted by Gasteiger charge is 2.29. The lowest BCUT2D eigenvalue weighted by Crippen LogP contribution is -2.44. The third-order valence-electron chi connectivity index (χ3n) is 6.46. The van der Waals surface area contributed by atoms with E-state index in [0.29, 0.717) is 29.6 Å². The highest BCUT2D eigenvalue weighted by molar-refractivity contribution is 5.98. The van der Waals surface area contributed by atoms with Crippen LogP contribution in [0.5, 0.6) is 0 Å². The van der Waals surface area contributed by atoms with Gasteiger partial charge in [-0.2, -0.15) is 0 Å². The Morgan fingerprint density at radius 3 is 2.38 bits per heavy atom. The maximum Gasteiger partial charge on any atom is 0.261 e. The maximum absolute atomic E-state index is 13.2. The molecule has 1 aliphatic heterocycles. The van der Waals surface area contributed by atoms with Crippen molar-refractivity contribution in [3.05, 3.63) is 101 Å². The van der Waals surface area contributed by atoms with Crippen molar-refractivity contribution in [3.8, 4) is 11.1 Å². The zero-order chi connectivity index (χ0) is 23.5. The predicted molar refractivity (Wildman–Crippen MR) is 132 cm³/mol. The number of hydrogen-bond donors (Lipinski definition) is 0. The van der Waals surface area contributed by atoms with Gasteiger partial charge >= 0.3 is 0 Å². The lowest BCUT2D eigenvalue weighted by atomic mass is 9.89. The topological polar surface area (TPSA) is 72.3 Å². The predicted octanol–water partition coefficient (Wildman–Crippen LogP) is 4.19. The normalized spacial score (nSPS) is 15.9. The number of Topliss-reactive ketones (excluding diaryl/α,β-unsaturated/α-hetero) is 1. The molecule has 1 saturated heterocycles. The fraction of sp³-hybridized carbons (Fsp3) is 0.214. The molecular formula is C28H25N3O3. The minimum absolute atomic E-state index is 0.0571. The number of fused-ring (bicyclic) bond motifs is 1. The van der Waals surface area contributed by atoms with Gasteiger partial charge in [-0.1, -0.05) is 66.7 Å². The number of benzene rings is 3. The molecule has 1 atom stereocenters. The van der Waals surface area contributed by atoms with E-state index in [2.05, 4.69) is 4.98 Å². The molecule has 3 aromatic carbocycles. The molecule has 0 bridgehead atoms. The third kappa shape index (κ3) is 4.39. The summed E-state index contributed by atoms with van der Waals surface area (Å²) in [5.74, 6) is -0.357. The molecule has 0 aliphatic carbocycles. The molecule has 0 radical (unpaired) electrons. The average Bonchev–Trinajstić information content (AvgIpc) is 2.90. The summed E-state index contributed by atoms with van der Waals surface area (Å²) in [6.07, 6.45) is 2.93. The first-order valence-corrected chi connectivity index (χ1v) is 11.5. The molecule has 2 heterocycles. The van der Waals surface area contributed by atoms with Crippen LogP contribution in [0, 0.1) is 5.92 Å². The Labute approximate surface area is 197 Å². The summed E-state index contributed by atoms with van der Waals surface area (Å²) in [5, 5.41) is 0.489. The summed E-state index contributed by atoms with van der Waals surface area (Å²) in [5.41, 5.74) is 3.20. The largest absolute Gasteiger partial charge is 0.340 e. The fourth-order valence-corrected chi connectivity index (χ4v) is 4.58. The van der Waals surface area contributed by atoms with Crippen molar-refractivity contribution < 1.29 is 9.59 Å². The van der Waals surface area contributed by atoms with E-state index in [-0.39, 0.29) is 29.7 Å². The maximum atomic E-state index is 13.2. The number of amides is 1. The minimum atomic E-state index is -0.244. The molecule has 1 fully saturated rings. The van der Waals surface area contributed by atoms with E-state index in [1.165, 1.54) is 10.9 Å². The van der Waals surface area contributed by atoms with E-state index in [0.717, 1.165) is 24.0 Å². The Morgan fingerprint density at radius 2 is 1.59 bits per heavy atom. The highest BCUT2D eigenvalue weighted by atomic mass is 16.2. The molecule has 4 aromatic rings. The van der Waals surface area contributed by atoms with Gasteiger partial charge in [-0.05, 0) is 36.1 Å². The van der Waals surface area contributed by atoms with E-state index in [4.69, 9.17) is 0 Å². The number of likely N-dealkylation sites (tertiary alicyclic amines) is 1. The first-order chi connectivity index (χ1) is 16.6. The molecule has 1 aliphatic rings. The summed E-state index contributed by atoms with van der Waals surface area (Å²) < 4.78 is 1.35. The fourth-order valence-electron chi connectivity index (χ4n) is 4.58. The monoisotopic (exact) mass is 451 g/mol. The molecule has 0 unspecified atom stereocenters. The number of carbonyl (C=O) groups excluding carboxylic acids is 2. The number of aromatic nitrogens is 2. The Morgan fingerprint density at radius 1 is 0.882 bits per heavy atom. The van der Waals surface area contributed by atoms with Crippen molar-refractivity contribution in [2.75, 3.05) is 13.1 Å². The SMILES string of the molecule is O=C(c1ccc(-c2ccccc2)cc1)[C@H]1CCCN(C(=O)Cn2cnc3ccccc3c2=O)C1. The quantitative estimate of drug-likeness (QED) is 0.427. The zero-order valence-electron chi connectivity index (χ0n) is 18.8. The number of carbonyl (C=O) groups is 2. The van der Waals surface area contributed by atoms with Gasteiger partial charge in [-0.3, -0.25) is 19.0 Å². The average molecular weight is 452 g/mol. The van der Waals surface area contributed by atoms with Gasteiger partial charge in [0.05, 0.1) is 17.2 Å². The molecule has 5 rings (SSSR count). The van der Waals surface area contributed by atoms with Crippen molar-refractivity contribution in [2.45, 2.75) is 19.4 Å². The molecule has 6 heteroatoms. The zero-order valence-corrected chi connectivity index (χ0v) is 18.8. The van der Waals surface area contributed by atoms with Crippen LogP contribution in [0.15, 0.2) is 90.0 Å². The van der Waals surface area contributed by atoms with Gasteiger partial charge in [0.15, 0.2) is 5.78 Å². The van der Waals surface area contributed by atoms with Crippen molar-refractivity contribution in [3.63, 3.8) is 0 Å². The van der Waals surface area contributed by atoms with Crippen LogP contribution in [-0.2, 0) is 11.3 Å². The van der Waals surface area contributed by atoms with Gasteiger partial charge in [0.1, 0.15) is 6.54 Å². The smallest absolute Gasteiger partial charge is 0.261 e. The minimum Gasteiger partial charge on any atom is -0.340 e. The van der Waals surface area contributed by atoms with Gasteiger partial charge in [0.2, 0.25) is 5.91 Å². The number of hydrogen-bond acceptors (Lipinski definition) is 4. The summed E-state index contributed by atoms with van der Waals surface area (Å²) in [4.78, 5) is 44.9. The third-order valence-corrected chi connectivity index (χ3v) is 6.46. The van der Waals surface area contributed by atoms with E-state index < -0.39 is 0 Å². The molecule has 0 saturated carbocycles. The van der Waals surface area contributed by atoms with Crippen molar-refractivity contribution in [2.24, 2.45) is 5.92 Å². The highest BCUT2D eigenvalue weighted by Crippen LogP contribution is 2.24. The van der Waals surface area contributed by atoms with Gasteiger partial charge in [0, 0.05) is 24.6 Å². The van der Waals surface area contributed by atoms with Crippen LogP contribution in [0.4, 0.5) is 0 Å². The summed E-state index contributed by atoms with van der Waals surface area (Å²) in [6, 6.07) is 24.8. The molecule has 1 aromatic heterocycles. The molecule has 170 valence electrons. The second kappa shape index (κ2) is 9.43. The molecule has 1 amide bonds. The number of rotatable bonds is 5. The first kappa shape index (κ1) is 21.8. The van der Waals surface area contributed by atoms with Gasteiger partial charge in [-0.25, -0.2) is 4.98 Å². The second-order valence-electron chi connectivity index (χ2n) is 8.68. The van der Waals surface area contributed by atoms with Crippen LogP contribution >= 0.6 is 0 Å². The van der Waals surface area contributed by atoms with E-state index in [1.807, 2.05) is 60.7 Å². The molecule has 0 N–H and O–H groups in total. The van der Waals surface area contributed by atoms with Crippen molar-refractivity contribution in [1.82, 2.24) is 14.5 Å². The lowest BCUT2D eigenvalue weighted by molar-refractivity contribution is -0.133. The second-order valence-corrected chi connectivity index (χ2v) is 8.68. The lowest BCUT2D eigenvalue weighted by Gasteiger charge is -2.32. The Kier molecular flexibility index (Phi) is 6.04. The van der Waals surface area contributed by atoms with E-state index in [1.54, 1.807) is 23.1 Å². The van der Waals surface area contributed by atoms with Gasteiger partial charge in [0.25, 0.3) is 5.56 Å². The Bertz CT molecular complexity index is 1390. The summed E-state index contributed by atoms with van der Waals surface area (Å²) in [7, 11) is 0. The Balaban J connectivity index is 1.27. The van der Waals surface area contributed by atoms with Crippen LogP contribution in [0.25, 0.3) is 22.0 Å². The number of piperidine rings is 1. The van der Waals surface area contributed by atoms with E-state index >= 15 is 0 Å². The van der Waals surface area contributed by atoms with Crippen molar-refractivity contribution in [1.29, 1.82) is 0 Å². The van der Waals surface area contributed by atoms with Crippen LogP contribution in [-0.4, -0.2) is 39.2 Å². The number of nitrogens with zero attached hydrogens (tertiary/aromatic N) is 3. The first-order valence-electron chi connectivity index (χ1n) is 11.5. The molecule has 34 heavy (non-hydrogen) atoms. The standard InChI is InChI=1S/C28H25N3O3/c32-26(18-31-19-29-25-11-5-4-10-24(25)28(31)34)30-16-6-9-23(17-30)27(33)22-14-12-21(13-15-22)20-7-2-1-3-8-20/h1-5,7-8,10-15,19,23H,6,9,16-18H2/t23-/m0/s1. The molecular weight excluding hydrogens is 426 g/mol. The van der Waals surface area contributed by atoms with Crippen LogP contribution < -0.4 is 5.56 Å². The van der Waals surface area contributed by atoms with Crippen LogP contribution in [0.3, 0.4) is 0 Å². The van der Waals surface area contributed by atoms with Gasteiger partial charge in [-0.15, -0.1) is 0 Å². The molecule has 0 spiro atoms. The van der Waals surface area contributed by atoms with E-state index in [9.17, 15) is 14.4 Å². The van der Waals surface area contributed by atoms with Crippen molar-refractivity contribution >= 4 is 22.6 Å². The number of para-hydroxylation sites is 1. The Hall–Kier alpha value is -4.06. The summed E-state index contributed by atoms with van der Waals surface area (Å²) in [6.45, 7) is 0.878. The van der Waals surface area contributed by atoms with Gasteiger partial charge < -0.3 is 4.90 Å². The van der Waals surface area contributed by atoms with Crippen LogP contribution in [0.2, 0.25) is 0 Å². The van der Waals surface area contributed by atoms with Crippen LogP contribution in [0.1, 0.15) is 23.2 Å². The molecule has 6 nitrogen and oxygen atoms in total.